The Balaban J connectivity index is 1.91. The molecule has 6 heteroatoms. The van der Waals surface area contributed by atoms with Gasteiger partial charge < -0.3 is 10.4 Å². The molecule has 0 bridgehead atoms. The zero-order valence-corrected chi connectivity index (χ0v) is 15.2. The van der Waals surface area contributed by atoms with Crippen LogP contribution in [0.25, 0.3) is 0 Å². The van der Waals surface area contributed by atoms with Gasteiger partial charge in [-0.15, -0.1) is 0 Å². The number of aromatic nitrogens is 2. The monoisotopic (exact) mass is 343 g/mol. The molecule has 0 aliphatic carbocycles. The molecule has 2 N–H and O–H groups in total. The first-order valence-electron chi connectivity index (χ1n) is 8.39. The second-order valence-electron chi connectivity index (χ2n) is 6.41. The molecule has 1 atom stereocenters. The largest absolute Gasteiger partial charge is 0.478 e. The van der Waals surface area contributed by atoms with Crippen LogP contribution < -0.4 is 5.32 Å². The van der Waals surface area contributed by atoms with Crippen molar-refractivity contribution in [2.24, 2.45) is 7.05 Å². The van der Waals surface area contributed by atoms with Crippen molar-refractivity contribution in [3.8, 4) is 0 Å². The van der Waals surface area contributed by atoms with E-state index in [-0.39, 0.29) is 23.9 Å². The molecule has 0 saturated carbocycles. The summed E-state index contributed by atoms with van der Waals surface area (Å²) in [5.74, 6) is -1.04. The van der Waals surface area contributed by atoms with E-state index in [0.717, 1.165) is 23.4 Å². The van der Waals surface area contributed by atoms with Gasteiger partial charge in [-0.2, -0.15) is 5.10 Å². The van der Waals surface area contributed by atoms with Crippen molar-refractivity contribution in [3.05, 3.63) is 52.3 Å². The molecule has 0 spiro atoms. The Bertz CT molecular complexity index is 780. The normalized spacial score (nSPS) is 12.0. The molecule has 0 fully saturated rings. The van der Waals surface area contributed by atoms with E-state index in [1.165, 1.54) is 0 Å². The number of hydrogen-bond acceptors (Lipinski definition) is 3. The minimum absolute atomic E-state index is 0.0104. The van der Waals surface area contributed by atoms with E-state index >= 15 is 0 Å². The third-order valence-electron chi connectivity index (χ3n) is 4.45. The van der Waals surface area contributed by atoms with Crippen LogP contribution in [0.15, 0.2) is 24.3 Å². The molecule has 0 aliphatic rings. The molecule has 2 aromatic rings. The van der Waals surface area contributed by atoms with Gasteiger partial charge >= 0.3 is 5.97 Å². The highest BCUT2D eigenvalue weighted by Gasteiger charge is 2.15. The molecular weight excluding hydrogens is 318 g/mol. The number of benzene rings is 1. The molecule has 6 nitrogen and oxygen atoms in total. The maximum atomic E-state index is 12.2. The first-order chi connectivity index (χ1) is 11.8. The van der Waals surface area contributed by atoms with E-state index in [2.05, 4.69) is 10.4 Å². The van der Waals surface area contributed by atoms with Gasteiger partial charge in [0.1, 0.15) is 0 Å². The van der Waals surface area contributed by atoms with Crippen molar-refractivity contribution in [3.63, 3.8) is 0 Å². The average Bonchev–Trinajstić information content (AvgIpc) is 2.79. The molecule has 0 aliphatic heterocycles. The third-order valence-corrected chi connectivity index (χ3v) is 4.45. The summed E-state index contributed by atoms with van der Waals surface area (Å²) >= 11 is 0. The Labute approximate surface area is 147 Å². The molecule has 1 amide bonds. The summed E-state index contributed by atoms with van der Waals surface area (Å²) in [5, 5.41) is 16.6. The van der Waals surface area contributed by atoms with Gasteiger partial charge in [0.25, 0.3) is 0 Å². The number of aromatic carboxylic acids is 1. The lowest BCUT2D eigenvalue weighted by molar-refractivity contribution is -0.121. The molecule has 1 aromatic carbocycles. The van der Waals surface area contributed by atoms with Crippen LogP contribution in [0.4, 0.5) is 0 Å². The number of amides is 1. The van der Waals surface area contributed by atoms with Crippen molar-refractivity contribution >= 4 is 11.9 Å². The number of carboxylic acid groups (broad SMARTS) is 1. The fourth-order valence-electron chi connectivity index (χ4n) is 3.01. The van der Waals surface area contributed by atoms with Crippen molar-refractivity contribution in [2.75, 3.05) is 0 Å². The molecule has 0 saturated heterocycles. The Morgan fingerprint density at radius 3 is 2.56 bits per heavy atom. The molecule has 1 aromatic heterocycles. The number of hydrogen-bond donors (Lipinski definition) is 2. The highest BCUT2D eigenvalue weighted by atomic mass is 16.4. The maximum Gasteiger partial charge on any atom is 0.335 e. The topological polar surface area (TPSA) is 84.2 Å². The van der Waals surface area contributed by atoms with Gasteiger partial charge in [-0.1, -0.05) is 18.2 Å². The van der Waals surface area contributed by atoms with Gasteiger partial charge in [0.05, 0.1) is 11.3 Å². The fraction of sp³-hybridized carbons (Fsp3) is 0.421. The lowest BCUT2D eigenvalue weighted by Gasteiger charge is -2.14. The highest BCUT2D eigenvalue weighted by molar-refractivity contribution is 5.89. The Kier molecular flexibility index (Phi) is 5.96. The van der Waals surface area contributed by atoms with Crippen molar-refractivity contribution in [1.29, 1.82) is 0 Å². The van der Waals surface area contributed by atoms with Gasteiger partial charge in [0.2, 0.25) is 5.91 Å². The molecule has 2 rings (SSSR count). The zero-order chi connectivity index (χ0) is 18.6. The molecule has 25 heavy (non-hydrogen) atoms. The van der Waals surface area contributed by atoms with E-state index in [1.807, 2.05) is 32.5 Å². The summed E-state index contributed by atoms with van der Waals surface area (Å²) in [6, 6.07) is 6.78. The average molecular weight is 343 g/mol. The molecular formula is C19H25N3O3. The molecule has 134 valence electrons. The van der Waals surface area contributed by atoms with Crippen molar-refractivity contribution < 1.29 is 14.7 Å². The van der Waals surface area contributed by atoms with E-state index in [9.17, 15) is 14.7 Å². The fourth-order valence-corrected chi connectivity index (χ4v) is 3.01. The number of carboxylic acids is 1. The Hall–Kier alpha value is -2.63. The van der Waals surface area contributed by atoms with Crippen LogP contribution in [0.1, 0.15) is 46.2 Å². The lowest BCUT2D eigenvalue weighted by Crippen LogP contribution is -2.34. The van der Waals surface area contributed by atoms with Crippen LogP contribution >= 0.6 is 0 Å². The predicted octanol–water partition coefficient (Wildman–Crippen LogP) is 2.42. The summed E-state index contributed by atoms with van der Waals surface area (Å²) in [5.41, 5.74) is 4.18. The number of nitrogens with zero attached hydrogens (tertiary/aromatic N) is 2. The quantitative estimate of drug-likeness (QED) is 0.808. The number of carbonyl (C=O) groups excluding carboxylic acids is 1. The highest BCUT2D eigenvalue weighted by Crippen LogP contribution is 2.15. The predicted molar refractivity (Wildman–Crippen MR) is 95.7 cm³/mol. The maximum absolute atomic E-state index is 12.2. The summed E-state index contributed by atoms with van der Waals surface area (Å²) in [6.07, 6.45) is 1.40. The van der Waals surface area contributed by atoms with Crippen LogP contribution in [0, 0.1) is 13.8 Å². The smallest absolute Gasteiger partial charge is 0.335 e. The summed E-state index contributed by atoms with van der Waals surface area (Å²) in [4.78, 5) is 23.4. The van der Waals surface area contributed by atoms with Crippen molar-refractivity contribution in [1.82, 2.24) is 15.1 Å². The van der Waals surface area contributed by atoms with Crippen LogP contribution in [0.3, 0.4) is 0 Å². The van der Waals surface area contributed by atoms with Crippen LogP contribution in [-0.4, -0.2) is 32.8 Å². The molecule has 1 heterocycles. The lowest BCUT2D eigenvalue weighted by atomic mass is 10.0. The van der Waals surface area contributed by atoms with E-state index in [0.29, 0.717) is 12.0 Å². The van der Waals surface area contributed by atoms with E-state index in [1.54, 1.807) is 24.3 Å². The molecule has 1 unspecified atom stereocenters. The minimum Gasteiger partial charge on any atom is -0.478 e. The summed E-state index contributed by atoms with van der Waals surface area (Å²) in [7, 11) is 1.91. The van der Waals surface area contributed by atoms with Crippen LogP contribution in [-0.2, 0) is 24.7 Å². The Morgan fingerprint density at radius 1 is 1.28 bits per heavy atom. The van der Waals surface area contributed by atoms with E-state index in [4.69, 9.17) is 0 Å². The first-order valence-corrected chi connectivity index (χ1v) is 8.39. The van der Waals surface area contributed by atoms with Crippen molar-refractivity contribution in [2.45, 2.75) is 46.1 Å². The number of aryl methyl sites for hydroxylation is 3. The van der Waals surface area contributed by atoms with E-state index < -0.39 is 5.97 Å². The minimum atomic E-state index is -0.966. The summed E-state index contributed by atoms with van der Waals surface area (Å²) < 4.78 is 1.85. The number of carbonyl (C=O) groups is 2. The number of nitrogens with one attached hydrogen (secondary N) is 1. The van der Waals surface area contributed by atoms with Gasteiger partial charge in [-0.25, -0.2) is 4.79 Å². The third kappa shape index (κ3) is 4.68. The van der Waals surface area contributed by atoms with Gasteiger partial charge in [-0.3, -0.25) is 9.48 Å². The first kappa shape index (κ1) is 18.7. The van der Waals surface area contributed by atoms with Gasteiger partial charge in [-0.05, 0) is 50.8 Å². The Morgan fingerprint density at radius 2 is 1.96 bits per heavy atom. The number of rotatable bonds is 7. The second-order valence-corrected chi connectivity index (χ2v) is 6.41. The standard InChI is InChI=1S/C19H25N3O3/c1-12(11-17-13(2)21-22(4)14(17)3)20-18(23)10-9-15-7-5-6-8-16(15)19(24)25/h5-8,12H,9-11H2,1-4H3,(H,20,23)(H,24,25). The van der Waals surface area contributed by atoms with Gasteiger partial charge in [0, 0.05) is 25.2 Å². The zero-order valence-electron chi connectivity index (χ0n) is 15.2. The van der Waals surface area contributed by atoms with Crippen LogP contribution in [0.5, 0.6) is 0 Å². The van der Waals surface area contributed by atoms with Gasteiger partial charge in [0.15, 0.2) is 0 Å². The second kappa shape index (κ2) is 7.96. The SMILES string of the molecule is Cc1nn(C)c(C)c1CC(C)NC(=O)CCc1ccccc1C(=O)O. The molecule has 0 radical (unpaired) electrons. The van der Waals surface area contributed by atoms with Crippen LogP contribution in [0.2, 0.25) is 0 Å². The summed E-state index contributed by atoms with van der Waals surface area (Å²) in [6.45, 7) is 5.96.